The normalized spacial score (nSPS) is 15.1. The fourth-order valence-electron chi connectivity index (χ4n) is 2.00. The Bertz CT molecular complexity index is 489. The van der Waals surface area contributed by atoms with Crippen LogP contribution in [0.3, 0.4) is 0 Å². The molecule has 2 rings (SSSR count). The van der Waals surface area contributed by atoms with Crippen LogP contribution < -0.4 is 10.2 Å². The summed E-state index contributed by atoms with van der Waals surface area (Å²) in [6, 6.07) is 7.38. The minimum atomic E-state index is -0.143. The summed E-state index contributed by atoms with van der Waals surface area (Å²) >= 11 is 0. The fourth-order valence-corrected chi connectivity index (χ4v) is 2.00. The van der Waals surface area contributed by atoms with Gasteiger partial charge in [0.15, 0.2) is 0 Å². The van der Waals surface area contributed by atoms with Crippen LogP contribution in [0.2, 0.25) is 0 Å². The zero-order valence-electron chi connectivity index (χ0n) is 11.0. The molecule has 1 aromatic rings. The van der Waals surface area contributed by atoms with E-state index in [9.17, 15) is 9.59 Å². The van der Waals surface area contributed by atoms with Crippen LogP contribution >= 0.6 is 0 Å². The van der Waals surface area contributed by atoms with Crippen molar-refractivity contribution in [2.24, 2.45) is 5.41 Å². The smallest absolute Gasteiger partial charge is 0.244 e. The van der Waals surface area contributed by atoms with Gasteiger partial charge in [-0.25, -0.2) is 0 Å². The first-order chi connectivity index (χ1) is 8.37. The number of hydrogen-bond acceptors (Lipinski definition) is 2. The van der Waals surface area contributed by atoms with Crippen molar-refractivity contribution in [3.05, 3.63) is 24.3 Å². The van der Waals surface area contributed by atoms with E-state index in [0.717, 1.165) is 5.69 Å². The Morgan fingerprint density at radius 1 is 1.33 bits per heavy atom. The van der Waals surface area contributed by atoms with E-state index in [0.29, 0.717) is 12.1 Å². The topological polar surface area (TPSA) is 49.4 Å². The molecule has 0 saturated heterocycles. The van der Waals surface area contributed by atoms with E-state index >= 15 is 0 Å². The fraction of sp³-hybridized carbons (Fsp3) is 0.429. The SMILES string of the molecule is CC(C)(C)CC(=O)N1CC(=O)Nc2ccccc21. The maximum absolute atomic E-state index is 12.3. The van der Waals surface area contributed by atoms with Gasteiger partial charge in [0.25, 0.3) is 0 Å². The van der Waals surface area contributed by atoms with Gasteiger partial charge < -0.3 is 10.2 Å². The van der Waals surface area contributed by atoms with E-state index < -0.39 is 0 Å². The summed E-state index contributed by atoms with van der Waals surface area (Å²) in [4.78, 5) is 25.4. The highest BCUT2D eigenvalue weighted by Gasteiger charge is 2.28. The van der Waals surface area contributed by atoms with Crippen molar-refractivity contribution in [1.82, 2.24) is 0 Å². The lowest BCUT2D eigenvalue weighted by Gasteiger charge is -2.31. The zero-order valence-corrected chi connectivity index (χ0v) is 11.0. The number of hydrogen-bond donors (Lipinski definition) is 1. The van der Waals surface area contributed by atoms with Crippen molar-refractivity contribution in [3.63, 3.8) is 0 Å². The van der Waals surface area contributed by atoms with Crippen LogP contribution in [0.15, 0.2) is 24.3 Å². The summed E-state index contributed by atoms with van der Waals surface area (Å²) in [5.41, 5.74) is 1.40. The Labute approximate surface area is 107 Å². The largest absolute Gasteiger partial charge is 0.323 e. The third-order valence-electron chi connectivity index (χ3n) is 2.75. The Kier molecular flexibility index (Phi) is 3.11. The minimum Gasteiger partial charge on any atom is -0.323 e. The number of para-hydroxylation sites is 2. The van der Waals surface area contributed by atoms with Gasteiger partial charge in [0.2, 0.25) is 11.8 Å². The first kappa shape index (κ1) is 12.6. The molecule has 1 aromatic carbocycles. The lowest BCUT2D eigenvalue weighted by atomic mass is 9.91. The minimum absolute atomic E-state index is 0.00944. The van der Waals surface area contributed by atoms with Crippen molar-refractivity contribution in [2.45, 2.75) is 27.2 Å². The predicted molar refractivity (Wildman–Crippen MR) is 71.5 cm³/mol. The van der Waals surface area contributed by atoms with Crippen molar-refractivity contribution in [1.29, 1.82) is 0 Å². The van der Waals surface area contributed by atoms with Crippen LogP contribution in [0, 0.1) is 5.41 Å². The molecule has 0 fully saturated rings. The molecule has 0 bridgehead atoms. The number of carbonyl (C=O) groups is 2. The van der Waals surface area contributed by atoms with Gasteiger partial charge in [-0.15, -0.1) is 0 Å². The lowest BCUT2D eigenvalue weighted by Crippen LogP contribution is -2.43. The van der Waals surface area contributed by atoms with E-state index in [1.54, 1.807) is 4.90 Å². The van der Waals surface area contributed by atoms with Gasteiger partial charge in [-0.1, -0.05) is 32.9 Å². The van der Waals surface area contributed by atoms with E-state index in [1.807, 2.05) is 45.0 Å². The number of nitrogens with zero attached hydrogens (tertiary/aromatic N) is 1. The van der Waals surface area contributed by atoms with Crippen LogP contribution in [0.4, 0.5) is 11.4 Å². The summed E-state index contributed by atoms with van der Waals surface area (Å²) in [7, 11) is 0. The van der Waals surface area contributed by atoms with Gasteiger partial charge in [0.1, 0.15) is 6.54 Å². The number of anilines is 2. The van der Waals surface area contributed by atoms with Crippen LogP contribution in [-0.4, -0.2) is 18.4 Å². The number of benzene rings is 1. The molecule has 2 amide bonds. The van der Waals surface area contributed by atoms with Crippen molar-refractivity contribution < 1.29 is 9.59 Å². The Morgan fingerprint density at radius 3 is 2.67 bits per heavy atom. The summed E-state index contributed by atoms with van der Waals surface area (Å²) in [6.07, 6.45) is 0.425. The number of amides is 2. The van der Waals surface area contributed by atoms with Crippen molar-refractivity contribution >= 4 is 23.2 Å². The van der Waals surface area contributed by atoms with Gasteiger partial charge in [-0.3, -0.25) is 9.59 Å². The molecule has 0 aliphatic carbocycles. The summed E-state index contributed by atoms with van der Waals surface area (Å²) in [6.45, 7) is 6.15. The highest BCUT2D eigenvalue weighted by molar-refractivity contribution is 6.09. The Balaban J connectivity index is 2.29. The summed E-state index contributed by atoms with van der Waals surface area (Å²) in [5, 5.41) is 2.77. The molecule has 18 heavy (non-hydrogen) atoms. The molecule has 96 valence electrons. The van der Waals surface area contributed by atoms with Crippen LogP contribution in [0.25, 0.3) is 0 Å². The monoisotopic (exact) mass is 246 g/mol. The molecule has 0 atom stereocenters. The molecule has 0 unspecified atom stereocenters. The number of rotatable bonds is 1. The van der Waals surface area contributed by atoms with Gasteiger partial charge >= 0.3 is 0 Å². The average Bonchev–Trinajstić information content (AvgIpc) is 2.25. The summed E-state index contributed by atoms with van der Waals surface area (Å²) in [5.74, 6) is -0.152. The molecule has 0 aromatic heterocycles. The molecular formula is C14H18N2O2. The number of fused-ring (bicyclic) bond motifs is 1. The van der Waals surface area contributed by atoms with E-state index in [1.165, 1.54) is 0 Å². The highest BCUT2D eigenvalue weighted by Crippen LogP contribution is 2.31. The molecule has 4 nitrogen and oxygen atoms in total. The first-order valence-electron chi connectivity index (χ1n) is 6.06. The molecule has 1 aliphatic heterocycles. The van der Waals surface area contributed by atoms with Crippen LogP contribution in [0.5, 0.6) is 0 Å². The second-order valence-corrected chi connectivity index (χ2v) is 5.78. The van der Waals surface area contributed by atoms with Gasteiger partial charge in [-0.05, 0) is 17.5 Å². The number of nitrogens with one attached hydrogen (secondary N) is 1. The average molecular weight is 246 g/mol. The molecule has 1 heterocycles. The van der Waals surface area contributed by atoms with E-state index in [2.05, 4.69) is 5.32 Å². The molecule has 0 radical (unpaired) electrons. The van der Waals surface area contributed by atoms with Gasteiger partial charge in [0, 0.05) is 6.42 Å². The second-order valence-electron chi connectivity index (χ2n) is 5.78. The third-order valence-corrected chi connectivity index (χ3v) is 2.75. The Hall–Kier alpha value is -1.84. The van der Waals surface area contributed by atoms with Gasteiger partial charge in [0.05, 0.1) is 11.4 Å². The molecule has 0 spiro atoms. The maximum Gasteiger partial charge on any atom is 0.244 e. The standard InChI is InChI=1S/C14H18N2O2/c1-14(2,3)8-13(18)16-9-12(17)15-10-6-4-5-7-11(10)16/h4-7H,8-9H2,1-3H3,(H,15,17). The molecule has 1 N–H and O–H groups in total. The van der Waals surface area contributed by atoms with E-state index in [4.69, 9.17) is 0 Å². The maximum atomic E-state index is 12.3. The summed E-state index contributed by atoms with van der Waals surface area (Å²) < 4.78 is 0. The van der Waals surface area contributed by atoms with Gasteiger partial charge in [-0.2, -0.15) is 0 Å². The van der Waals surface area contributed by atoms with Crippen molar-refractivity contribution in [2.75, 3.05) is 16.8 Å². The van der Waals surface area contributed by atoms with Crippen LogP contribution in [0.1, 0.15) is 27.2 Å². The molecular weight excluding hydrogens is 228 g/mol. The predicted octanol–water partition coefficient (Wildman–Crippen LogP) is 2.41. The van der Waals surface area contributed by atoms with Crippen LogP contribution in [-0.2, 0) is 9.59 Å². The quantitative estimate of drug-likeness (QED) is 0.827. The van der Waals surface area contributed by atoms with Crippen molar-refractivity contribution in [3.8, 4) is 0 Å². The zero-order chi connectivity index (χ0) is 13.3. The number of carbonyl (C=O) groups excluding carboxylic acids is 2. The lowest BCUT2D eigenvalue weighted by molar-refractivity contribution is -0.123. The highest BCUT2D eigenvalue weighted by atomic mass is 16.2. The molecule has 0 saturated carbocycles. The third kappa shape index (κ3) is 2.70. The Morgan fingerprint density at radius 2 is 2.00 bits per heavy atom. The first-order valence-corrected chi connectivity index (χ1v) is 6.06. The molecule has 1 aliphatic rings. The molecule has 4 heteroatoms. The second kappa shape index (κ2) is 4.44. The van der Waals surface area contributed by atoms with E-state index in [-0.39, 0.29) is 23.8 Å².